The second-order valence-electron chi connectivity index (χ2n) is 6.94. The number of fused-ring (bicyclic) bond motifs is 1. The fourth-order valence-electron chi connectivity index (χ4n) is 4.08. The van der Waals surface area contributed by atoms with Gasteiger partial charge in [0.1, 0.15) is 0 Å². The second kappa shape index (κ2) is 7.00. The van der Waals surface area contributed by atoms with Crippen molar-refractivity contribution in [2.75, 3.05) is 5.32 Å². The average Bonchev–Trinajstić information content (AvgIpc) is 3.32. The number of carbonyl (C=O) groups is 2. The van der Waals surface area contributed by atoms with Crippen LogP contribution in [0.15, 0.2) is 41.8 Å². The predicted molar refractivity (Wildman–Crippen MR) is 99.6 cm³/mol. The standard InChI is InChI=1S/C20H22N2O2S/c23-18-12-15(14-8-3-4-9-16(14)21-18)20(24)22-19(13-6-1-2-7-13)17-10-5-11-25-17/h3-5,8-11,13,15,19H,1-2,6-7,12H2,(H,21,23)(H,22,24)/t15-,19-/m0/s1. The topological polar surface area (TPSA) is 58.2 Å². The lowest BCUT2D eigenvalue weighted by molar-refractivity contribution is -0.127. The van der Waals surface area contributed by atoms with Gasteiger partial charge >= 0.3 is 0 Å². The van der Waals surface area contributed by atoms with Crippen molar-refractivity contribution in [1.29, 1.82) is 0 Å². The van der Waals surface area contributed by atoms with Gasteiger partial charge in [0.05, 0.1) is 12.0 Å². The van der Waals surface area contributed by atoms with Gasteiger partial charge in [0.15, 0.2) is 0 Å². The Bertz CT molecular complexity index is 766. The van der Waals surface area contributed by atoms with Crippen LogP contribution in [0.5, 0.6) is 0 Å². The number of rotatable bonds is 4. The highest BCUT2D eigenvalue weighted by Gasteiger charge is 2.34. The zero-order valence-corrected chi connectivity index (χ0v) is 14.9. The van der Waals surface area contributed by atoms with Crippen LogP contribution in [0.2, 0.25) is 0 Å². The van der Waals surface area contributed by atoms with E-state index in [2.05, 4.69) is 22.1 Å². The van der Waals surface area contributed by atoms with Crippen LogP contribution in [0.25, 0.3) is 0 Å². The molecule has 130 valence electrons. The largest absolute Gasteiger partial charge is 0.348 e. The van der Waals surface area contributed by atoms with E-state index in [1.54, 1.807) is 11.3 Å². The van der Waals surface area contributed by atoms with E-state index >= 15 is 0 Å². The minimum Gasteiger partial charge on any atom is -0.348 e. The van der Waals surface area contributed by atoms with Crippen LogP contribution in [-0.2, 0) is 9.59 Å². The van der Waals surface area contributed by atoms with E-state index in [1.165, 1.54) is 17.7 Å². The number of hydrogen-bond acceptors (Lipinski definition) is 3. The van der Waals surface area contributed by atoms with E-state index < -0.39 is 5.92 Å². The molecule has 0 spiro atoms. The lowest BCUT2D eigenvalue weighted by Crippen LogP contribution is -2.38. The Balaban J connectivity index is 1.58. The van der Waals surface area contributed by atoms with Gasteiger partial charge in [0.25, 0.3) is 0 Å². The third kappa shape index (κ3) is 3.33. The second-order valence-corrected chi connectivity index (χ2v) is 7.92. The Morgan fingerprint density at radius 2 is 1.96 bits per heavy atom. The van der Waals surface area contributed by atoms with Gasteiger partial charge in [-0.1, -0.05) is 37.1 Å². The SMILES string of the molecule is O=C1C[C@H](C(=O)N[C@H](c2cccs2)C2CCCC2)c2ccccc2N1. The molecule has 0 unspecified atom stereocenters. The summed E-state index contributed by atoms with van der Waals surface area (Å²) in [5.74, 6) is -0.0379. The first-order valence-electron chi connectivity index (χ1n) is 8.95. The maximum atomic E-state index is 13.1. The number of amides is 2. The van der Waals surface area contributed by atoms with E-state index in [0.29, 0.717) is 5.92 Å². The number of carbonyl (C=O) groups excluding carboxylic acids is 2. The predicted octanol–water partition coefficient (Wildman–Crippen LogP) is 4.22. The summed E-state index contributed by atoms with van der Waals surface area (Å²) in [5.41, 5.74) is 1.67. The van der Waals surface area contributed by atoms with Crippen LogP contribution in [0.3, 0.4) is 0 Å². The molecule has 1 aromatic carbocycles. The van der Waals surface area contributed by atoms with Crippen LogP contribution in [0.4, 0.5) is 5.69 Å². The average molecular weight is 354 g/mol. The zero-order chi connectivity index (χ0) is 17.2. The molecule has 0 radical (unpaired) electrons. The van der Waals surface area contributed by atoms with Crippen molar-refractivity contribution in [3.05, 3.63) is 52.2 Å². The number of para-hydroxylation sites is 1. The summed E-state index contributed by atoms with van der Waals surface area (Å²) in [6, 6.07) is 11.8. The molecule has 1 fully saturated rings. The minimum atomic E-state index is -0.409. The zero-order valence-electron chi connectivity index (χ0n) is 14.0. The first-order chi connectivity index (χ1) is 12.2. The lowest BCUT2D eigenvalue weighted by atomic mass is 9.88. The molecule has 0 bridgehead atoms. The Hall–Kier alpha value is -2.14. The van der Waals surface area contributed by atoms with Crippen LogP contribution in [0.1, 0.15) is 54.5 Å². The van der Waals surface area contributed by atoms with E-state index in [0.717, 1.165) is 24.1 Å². The monoisotopic (exact) mass is 354 g/mol. The number of nitrogens with one attached hydrogen (secondary N) is 2. The molecule has 1 aliphatic carbocycles. The van der Waals surface area contributed by atoms with Gasteiger partial charge in [-0.25, -0.2) is 0 Å². The van der Waals surface area contributed by atoms with Crippen LogP contribution in [-0.4, -0.2) is 11.8 Å². The summed E-state index contributed by atoms with van der Waals surface area (Å²) in [6.45, 7) is 0. The van der Waals surface area contributed by atoms with Crippen molar-refractivity contribution < 1.29 is 9.59 Å². The van der Waals surface area contributed by atoms with E-state index in [1.807, 2.05) is 30.3 Å². The van der Waals surface area contributed by atoms with E-state index in [9.17, 15) is 9.59 Å². The Morgan fingerprint density at radius 3 is 2.72 bits per heavy atom. The number of thiophene rings is 1. The molecule has 2 heterocycles. The summed E-state index contributed by atoms with van der Waals surface area (Å²) >= 11 is 1.70. The molecule has 25 heavy (non-hydrogen) atoms. The quantitative estimate of drug-likeness (QED) is 0.863. The van der Waals surface area contributed by atoms with Gasteiger partial charge in [-0.2, -0.15) is 0 Å². The Morgan fingerprint density at radius 1 is 1.16 bits per heavy atom. The van der Waals surface area contributed by atoms with Crippen molar-refractivity contribution in [3.8, 4) is 0 Å². The first kappa shape index (κ1) is 16.3. The molecule has 1 saturated carbocycles. The smallest absolute Gasteiger partial charge is 0.228 e. The molecule has 2 N–H and O–H groups in total. The Labute approximate surface area is 151 Å². The third-order valence-corrected chi connectivity index (χ3v) is 6.29. The molecule has 5 heteroatoms. The van der Waals surface area contributed by atoms with Crippen molar-refractivity contribution in [2.45, 2.75) is 44.1 Å². The van der Waals surface area contributed by atoms with E-state index in [4.69, 9.17) is 0 Å². The van der Waals surface area contributed by atoms with Gasteiger partial charge in [0, 0.05) is 17.0 Å². The fraction of sp³-hybridized carbons (Fsp3) is 0.400. The Kier molecular flexibility index (Phi) is 4.57. The van der Waals surface area contributed by atoms with Gasteiger partial charge in [-0.3, -0.25) is 9.59 Å². The number of benzene rings is 1. The first-order valence-corrected chi connectivity index (χ1v) is 9.83. The van der Waals surface area contributed by atoms with Crippen LogP contribution in [0, 0.1) is 5.92 Å². The molecule has 2 aromatic rings. The molecule has 2 aliphatic rings. The third-order valence-electron chi connectivity index (χ3n) is 5.34. The highest BCUT2D eigenvalue weighted by atomic mass is 32.1. The van der Waals surface area contributed by atoms with E-state index in [-0.39, 0.29) is 24.3 Å². The summed E-state index contributed by atoms with van der Waals surface area (Å²) < 4.78 is 0. The summed E-state index contributed by atoms with van der Waals surface area (Å²) in [6.07, 6.45) is 4.99. The van der Waals surface area contributed by atoms with Crippen molar-refractivity contribution in [2.24, 2.45) is 5.92 Å². The highest BCUT2D eigenvalue weighted by Crippen LogP contribution is 2.39. The molecule has 4 rings (SSSR count). The fourth-order valence-corrected chi connectivity index (χ4v) is 4.95. The molecule has 1 aliphatic heterocycles. The van der Waals surface area contributed by atoms with Gasteiger partial charge in [-0.05, 0) is 41.8 Å². The molecule has 0 saturated heterocycles. The molecule has 1 aromatic heterocycles. The number of anilines is 1. The summed E-state index contributed by atoms with van der Waals surface area (Å²) in [4.78, 5) is 26.3. The molecule has 2 atom stereocenters. The van der Waals surface area contributed by atoms with Crippen molar-refractivity contribution in [1.82, 2.24) is 5.32 Å². The van der Waals surface area contributed by atoms with Gasteiger partial charge in [0.2, 0.25) is 11.8 Å². The number of hydrogen-bond donors (Lipinski definition) is 2. The minimum absolute atomic E-state index is 0.0346. The molecular weight excluding hydrogens is 332 g/mol. The van der Waals surface area contributed by atoms with Gasteiger partial charge < -0.3 is 10.6 Å². The van der Waals surface area contributed by atoms with Crippen molar-refractivity contribution >= 4 is 28.8 Å². The molecular formula is C20H22N2O2S. The maximum absolute atomic E-state index is 13.1. The van der Waals surface area contributed by atoms with Crippen molar-refractivity contribution in [3.63, 3.8) is 0 Å². The van der Waals surface area contributed by atoms with Gasteiger partial charge in [-0.15, -0.1) is 11.3 Å². The highest BCUT2D eigenvalue weighted by molar-refractivity contribution is 7.10. The summed E-state index contributed by atoms with van der Waals surface area (Å²) in [7, 11) is 0. The maximum Gasteiger partial charge on any atom is 0.228 e. The molecule has 2 amide bonds. The van der Waals surface area contributed by atoms with Crippen LogP contribution < -0.4 is 10.6 Å². The lowest BCUT2D eigenvalue weighted by Gasteiger charge is -2.29. The van der Waals surface area contributed by atoms with Crippen LogP contribution >= 0.6 is 11.3 Å². The summed E-state index contributed by atoms with van der Waals surface area (Å²) in [5, 5.41) is 8.21. The molecule has 4 nitrogen and oxygen atoms in total. The normalized spacial score (nSPS) is 21.4.